The number of carbonyl (C=O) groups excluding carboxylic acids is 2. The fourth-order valence-electron chi connectivity index (χ4n) is 3.01. The zero-order valence-corrected chi connectivity index (χ0v) is 22.4. The van der Waals surface area contributed by atoms with Gasteiger partial charge in [-0.3, -0.25) is 4.79 Å². The van der Waals surface area contributed by atoms with Crippen molar-refractivity contribution < 1.29 is 19.4 Å². The van der Waals surface area contributed by atoms with E-state index in [0.29, 0.717) is 16.9 Å². The van der Waals surface area contributed by atoms with Crippen molar-refractivity contribution in [3.63, 3.8) is 0 Å². The van der Waals surface area contributed by atoms with Crippen LogP contribution in [-0.4, -0.2) is 51.1 Å². The van der Waals surface area contributed by atoms with E-state index in [4.69, 9.17) is 4.74 Å². The summed E-state index contributed by atoms with van der Waals surface area (Å²) in [6.07, 6.45) is 0. The van der Waals surface area contributed by atoms with Crippen LogP contribution in [0.25, 0.3) is 5.57 Å². The minimum absolute atomic E-state index is 0.138. The van der Waals surface area contributed by atoms with Crippen LogP contribution in [0.4, 0.5) is 0 Å². The molecule has 0 aliphatic rings. The predicted molar refractivity (Wildman–Crippen MR) is 144 cm³/mol. The second-order valence-corrected chi connectivity index (χ2v) is 11.3. The van der Waals surface area contributed by atoms with E-state index in [0.717, 1.165) is 0 Å². The number of aliphatic hydroxyl groups excluding tert-OH is 1. The summed E-state index contributed by atoms with van der Waals surface area (Å²) in [5, 5.41) is 13.4. The molecule has 0 saturated heterocycles. The maximum absolute atomic E-state index is 11.9. The molecule has 0 atom stereocenters. The summed E-state index contributed by atoms with van der Waals surface area (Å²) in [6, 6.07) is 36.4. The Bertz CT molecular complexity index is 1280. The van der Waals surface area contributed by atoms with Crippen molar-refractivity contribution in [1.82, 2.24) is 5.43 Å². The van der Waals surface area contributed by atoms with Gasteiger partial charge in [-0.2, -0.15) is 0 Å². The molecule has 178 valence electrons. The number of carbonyl (C=O) groups is 1. The van der Waals surface area contributed by atoms with Crippen LogP contribution in [0.15, 0.2) is 120 Å². The van der Waals surface area contributed by atoms with Crippen LogP contribution in [-0.2, 0) is 4.79 Å². The summed E-state index contributed by atoms with van der Waals surface area (Å²) < 4.78 is 8.07. The van der Waals surface area contributed by atoms with Gasteiger partial charge in [0, 0.05) is 5.56 Å². The SMILES string of the molecule is COc1ccc(C(=O)NN=C(O)C(=C=O)c2ccccc2)cc1.c1cc[c]([Sn][c]2ccccc2)cc1. The first-order valence-corrected chi connectivity index (χ1v) is 13.8. The number of methoxy groups -OCH3 is 1. The van der Waals surface area contributed by atoms with Gasteiger partial charge in [0.05, 0.1) is 7.11 Å². The first kappa shape index (κ1) is 26.5. The van der Waals surface area contributed by atoms with Crippen LogP contribution in [0.2, 0.25) is 0 Å². The molecular formula is C29H24N2O4Sn. The maximum atomic E-state index is 11.9. The van der Waals surface area contributed by atoms with Crippen molar-refractivity contribution in [3.8, 4) is 5.75 Å². The van der Waals surface area contributed by atoms with Crippen molar-refractivity contribution in [2.75, 3.05) is 7.11 Å². The number of hydrogen-bond donors (Lipinski definition) is 2. The Morgan fingerprint density at radius 1 is 0.778 bits per heavy atom. The summed E-state index contributed by atoms with van der Waals surface area (Å²) in [5.74, 6) is 1.08. The number of ether oxygens (including phenoxy) is 1. The van der Waals surface area contributed by atoms with E-state index >= 15 is 0 Å². The number of hydrazone groups is 1. The van der Waals surface area contributed by atoms with Gasteiger partial charge < -0.3 is 9.84 Å². The Labute approximate surface area is 220 Å². The van der Waals surface area contributed by atoms with Gasteiger partial charge in [-0.15, -0.1) is 5.10 Å². The summed E-state index contributed by atoms with van der Waals surface area (Å²) >= 11 is -0.517. The molecule has 6 nitrogen and oxygen atoms in total. The van der Waals surface area contributed by atoms with Crippen LogP contribution >= 0.6 is 0 Å². The quantitative estimate of drug-likeness (QED) is 0.115. The van der Waals surface area contributed by atoms with E-state index in [1.54, 1.807) is 60.5 Å². The van der Waals surface area contributed by atoms with Crippen LogP contribution < -0.4 is 17.3 Å². The molecule has 0 heterocycles. The van der Waals surface area contributed by atoms with Gasteiger partial charge >= 0.3 is 89.0 Å². The predicted octanol–water partition coefficient (Wildman–Crippen LogP) is 3.55. The summed E-state index contributed by atoms with van der Waals surface area (Å²) in [4.78, 5) is 22.9. The number of aliphatic hydroxyl groups is 1. The number of hydrogen-bond acceptors (Lipinski definition) is 4. The third-order valence-corrected chi connectivity index (χ3v) is 8.39. The molecule has 36 heavy (non-hydrogen) atoms. The number of nitrogens with one attached hydrogen (secondary N) is 1. The number of benzene rings is 4. The van der Waals surface area contributed by atoms with Gasteiger partial charge in [-0.05, 0) is 29.8 Å². The van der Waals surface area contributed by atoms with E-state index in [2.05, 4.69) is 71.2 Å². The standard InChI is InChI=1S/C17H14N2O4.2C6H5.Sn/c1-23-14-9-7-13(8-10-14)16(21)18-19-17(22)15(11-20)12-5-3-2-4-6-12;2*1-2-4-6-5-3-1;/h2-10H,1H3,(H,18,21)(H,19,22);2*1-5H;. The van der Waals surface area contributed by atoms with Crippen molar-refractivity contribution in [3.05, 3.63) is 126 Å². The summed E-state index contributed by atoms with van der Waals surface area (Å²) in [7, 11) is 1.52. The molecule has 0 bridgehead atoms. The average Bonchev–Trinajstić information content (AvgIpc) is 2.94. The van der Waals surface area contributed by atoms with Gasteiger partial charge in [0.2, 0.25) is 5.90 Å². The molecule has 0 aliphatic heterocycles. The normalized spacial score (nSPS) is 10.3. The van der Waals surface area contributed by atoms with Crippen LogP contribution in [0.5, 0.6) is 5.75 Å². The molecule has 0 saturated carbocycles. The molecular weight excluding hydrogens is 559 g/mol. The third-order valence-electron chi connectivity index (χ3n) is 4.84. The topological polar surface area (TPSA) is 88.0 Å². The fraction of sp³-hybridized carbons (Fsp3) is 0.0345. The number of rotatable bonds is 7. The average molecular weight is 583 g/mol. The minimum atomic E-state index is -0.618. The Morgan fingerprint density at radius 3 is 1.75 bits per heavy atom. The van der Waals surface area contributed by atoms with Gasteiger partial charge in [-0.25, -0.2) is 10.2 Å². The first-order valence-electron chi connectivity index (χ1n) is 11.0. The van der Waals surface area contributed by atoms with Crippen LogP contribution in [0.3, 0.4) is 0 Å². The summed E-state index contributed by atoms with van der Waals surface area (Å²) in [6.45, 7) is 0. The van der Waals surface area contributed by atoms with Gasteiger partial charge in [0.1, 0.15) is 17.3 Å². The zero-order chi connectivity index (χ0) is 25.6. The van der Waals surface area contributed by atoms with Crippen molar-refractivity contribution in [2.45, 2.75) is 0 Å². The Balaban J connectivity index is 0.000000233. The van der Waals surface area contributed by atoms with E-state index in [-0.39, 0.29) is 5.57 Å². The molecule has 4 aromatic rings. The van der Waals surface area contributed by atoms with Crippen molar-refractivity contribution in [1.29, 1.82) is 0 Å². The van der Waals surface area contributed by atoms with E-state index in [1.165, 1.54) is 14.3 Å². The monoisotopic (exact) mass is 584 g/mol. The van der Waals surface area contributed by atoms with Gasteiger partial charge in [0.15, 0.2) is 0 Å². The molecule has 0 spiro atoms. The van der Waals surface area contributed by atoms with Crippen LogP contribution in [0.1, 0.15) is 15.9 Å². The third kappa shape index (κ3) is 8.27. The Hall–Kier alpha value is -4.13. The van der Waals surface area contributed by atoms with Gasteiger partial charge in [0.25, 0.3) is 5.91 Å². The molecule has 0 unspecified atom stereocenters. The molecule has 4 aromatic carbocycles. The molecule has 2 radical (unpaired) electrons. The molecule has 0 fully saturated rings. The van der Waals surface area contributed by atoms with Crippen LogP contribution in [0, 0.1) is 0 Å². The summed E-state index contributed by atoms with van der Waals surface area (Å²) in [5.41, 5.74) is 2.82. The second kappa shape index (κ2) is 14.3. The molecule has 1 amide bonds. The Kier molecular flexibility index (Phi) is 10.5. The molecule has 4 rings (SSSR count). The van der Waals surface area contributed by atoms with Gasteiger partial charge in [-0.1, -0.05) is 30.3 Å². The van der Waals surface area contributed by atoms with E-state index < -0.39 is 32.9 Å². The first-order chi connectivity index (χ1) is 17.6. The van der Waals surface area contributed by atoms with E-state index in [1.807, 2.05) is 0 Å². The molecule has 0 aromatic heterocycles. The van der Waals surface area contributed by atoms with Crippen molar-refractivity contribution >= 4 is 51.6 Å². The zero-order valence-electron chi connectivity index (χ0n) is 19.6. The Morgan fingerprint density at radius 2 is 1.28 bits per heavy atom. The molecule has 0 aliphatic carbocycles. The molecule has 2 N–H and O–H groups in total. The van der Waals surface area contributed by atoms with E-state index in [9.17, 15) is 14.7 Å². The fourth-order valence-corrected chi connectivity index (χ4v) is 6.02. The number of nitrogens with zero attached hydrogens (tertiary/aromatic N) is 1. The molecule has 7 heteroatoms. The van der Waals surface area contributed by atoms with Crippen molar-refractivity contribution in [2.24, 2.45) is 5.10 Å². The number of amides is 1. The second-order valence-electron chi connectivity index (χ2n) is 7.30.